The highest BCUT2D eigenvalue weighted by molar-refractivity contribution is 6.28. The van der Waals surface area contributed by atoms with E-state index in [-0.39, 0.29) is 11.1 Å². The van der Waals surface area contributed by atoms with Crippen LogP contribution in [0.3, 0.4) is 0 Å². The van der Waals surface area contributed by atoms with E-state index in [2.05, 4.69) is 15.3 Å². The molecule has 8 nitrogen and oxygen atoms in total. The molecule has 9 heteroatoms. The van der Waals surface area contributed by atoms with Crippen LogP contribution in [0.5, 0.6) is 0 Å². The molecule has 0 aromatic carbocycles. The fourth-order valence-corrected chi connectivity index (χ4v) is 0.907. The lowest BCUT2D eigenvalue weighted by molar-refractivity contribution is -0.384. The highest BCUT2D eigenvalue weighted by Gasteiger charge is 2.16. The maximum Gasteiger partial charge on any atom is 0.329 e. The summed E-state index contributed by atoms with van der Waals surface area (Å²) in [6.07, 6.45) is 0.882. The number of carboxylic acids is 1. The van der Waals surface area contributed by atoms with Crippen LogP contribution in [0.2, 0.25) is 5.28 Å². The lowest BCUT2D eigenvalue weighted by Gasteiger charge is -2.05. The van der Waals surface area contributed by atoms with Crippen molar-refractivity contribution < 1.29 is 14.8 Å². The molecular weight excluding hydrogens is 228 g/mol. The van der Waals surface area contributed by atoms with Crippen LogP contribution in [0.15, 0.2) is 6.20 Å². The Labute approximate surface area is 88.1 Å². The number of carbonyl (C=O) groups is 1. The summed E-state index contributed by atoms with van der Waals surface area (Å²) in [5.74, 6) is -1.68. The zero-order valence-corrected chi connectivity index (χ0v) is 7.89. The SMILES string of the molecule is O=C([O-])CNc1nc(Cl)ncc1[N+](=O)[O-]. The minimum Gasteiger partial charge on any atom is -0.548 e. The van der Waals surface area contributed by atoms with Crippen molar-refractivity contribution in [1.82, 2.24) is 9.97 Å². The van der Waals surface area contributed by atoms with Gasteiger partial charge in [0.15, 0.2) is 0 Å². The lowest BCUT2D eigenvalue weighted by atomic mass is 10.4. The number of nitro groups is 1. The Morgan fingerprint density at radius 3 is 2.87 bits per heavy atom. The molecule has 0 bridgehead atoms. The number of hydrogen-bond acceptors (Lipinski definition) is 7. The maximum atomic E-state index is 10.5. The van der Waals surface area contributed by atoms with Gasteiger partial charge in [-0.05, 0) is 11.6 Å². The first-order valence-corrected chi connectivity index (χ1v) is 3.99. The third kappa shape index (κ3) is 3.02. The first-order valence-electron chi connectivity index (χ1n) is 3.61. The number of nitrogens with one attached hydrogen (secondary N) is 1. The number of nitrogens with zero attached hydrogens (tertiary/aromatic N) is 3. The van der Waals surface area contributed by atoms with E-state index < -0.39 is 23.1 Å². The molecule has 0 unspecified atom stereocenters. The largest absolute Gasteiger partial charge is 0.548 e. The van der Waals surface area contributed by atoms with Crippen LogP contribution in [0, 0.1) is 10.1 Å². The molecule has 1 aromatic heterocycles. The summed E-state index contributed by atoms with van der Waals surface area (Å²) in [5.41, 5.74) is -0.458. The van der Waals surface area contributed by atoms with E-state index in [1.807, 2.05) is 0 Å². The molecular formula is C6H4ClN4O4-. The number of aromatic nitrogens is 2. The van der Waals surface area contributed by atoms with Gasteiger partial charge >= 0.3 is 5.69 Å². The Kier molecular flexibility index (Phi) is 3.34. The Hall–Kier alpha value is -1.96. The molecule has 0 aliphatic carbocycles. The van der Waals surface area contributed by atoms with Crippen molar-refractivity contribution in [3.8, 4) is 0 Å². The van der Waals surface area contributed by atoms with Gasteiger partial charge in [0.1, 0.15) is 6.20 Å². The Morgan fingerprint density at radius 2 is 2.33 bits per heavy atom. The smallest absolute Gasteiger partial charge is 0.329 e. The third-order valence-electron chi connectivity index (χ3n) is 1.34. The monoisotopic (exact) mass is 231 g/mol. The van der Waals surface area contributed by atoms with Crippen LogP contribution < -0.4 is 10.4 Å². The maximum absolute atomic E-state index is 10.5. The minimum absolute atomic E-state index is 0.221. The molecule has 0 saturated heterocycles. The summed E-state index contributed by atoms with van der Waals surface area (Å²) >= 11 is 5.39. The van der Waals surface area contributed by atoms with Crippen LogP contribution in [-0.2, 0) is 4.79 Å². The number of anilines is 1. The predicted octanol–water partition coefficient (Wildman–Crippen LogP) is -0.800. The fourth-order valence-electron chi connectivity index (χ4n) is 0.774. The fraction of sp³-hybridized carbons (Fsp3) is 0.167. The normalized spacial score (nSPS) is 9.67. The van der Waals surface area contributed by atoms with Gasteiger partial charge in [0.25, 0.3) is 0 Å². The van der Waals surface area contributed by atoms with Gasteiger partial charge in [0.2, 0.25) is 11.1 Å². The van der Waals surface area contributed by atoms with Crippen molar-refractivity contribution in [2.75, 3.05) is 11.9 Å². The van der Waals surface area contributed by atoms with Gasteiger partial charge < -0.3 is 15.2 Å². The average molecular weight is 232 g/mol. The van der Waals surface area contributed by atoms with Crippen molar-refractivity contribution in [2.24, 2.45) is 0 Å². The second-order valence-electron chi connectivity index (χ2n) is 2.36. The number of aliphatic carboxylic acids is 1. The number of hydrogen-bond donors (Lipinski definition) is 1. The zero-order valence-electron chi connectivity index (χ0n) is 7.14. The summed E-state index contributed by atoms with van der Waals surface area (Å²) in [5, 5.41) is 22.6. The Morgan fingerprint density at radius 1 is 1.67 bits per heavy atom. The molecule has 1 heterocycles. The third-order valence-corrected chi connectivity index (χ3v) is 1.52. The molecule has 15 heavy (non-hydrogen) atoms. The van der Waals surface area contributed by atoms with Gasteiger partial charge in [-0.3, -0.25) is 10.1 Å². The molecule has 0 radical (unpaired) electrons. The van der Waals surface area contributed by atoms with Gasteiger partial charge in [0, 0.05) is 0 Å². The molecule has 0 aliphatic rings. The van der Waals surface area contributed by atoms with Gasteiger partial charge in [-0.25, -0.2) is 4.98 Å². The molecule has 80 valence electrons. The zero-order chi connectivity index (χ0) is 11.4. The number of rotatable bonds is 4. The highest BCUT2D eigenvalue weighted by Crippen LogP contribution is 2.21. The van der Waals surface area contributed by atoms with Crippen LogP contribution >= 0.6 is 11.6 Å². The van der Waals surface area contributed by atoms with Gasteiger partial charge in [-0.15, -0.1) is 0 Å². The topological polar surface area (TPSA) is 121 Å². The molecule has 0 spiro atoms. The second kappa shape index (κ2) is 4.51. The molecule has 0 aliphatic heterocycles. The standard InChI is InChI=1S/C6H5ClN4O4/c7-6-9-1-3(11(14)15)5(10-6)8-2-4(12)13/h1H,2H2,(H,12,13)(H,8,9,10)/p-1. The van der Waals surface area contributed by atoms with Crippen LogP contribution in [0.4, 0.5) is 11.5 Å². The molecule has 0 amide bonds. The van der Waals surface area contributed by atoms with Crippen molar-refractivity contribution in [1.29, 1.82) is 0 Å². The van der Waals surface area contributed by atoms with E-state index in [0.717, 1.165) is 6.20 Å². The second-order valence-corrected chi connectivity index (χ2v) is 2.69. The van der Waals surface area contributed by atoms with Crippen molar-refractivity contribution >= 4 is 29.1 Å². The first-order chi connectivity index (χ1) is 7.00. The quantitative estimate of drug-likeness (QED) is 0.409. The van der Waals surface area contributed by atoms with Gasteiger partial charge in [-0.1, -0.05) is 0 Å². The summed E-state index contributed by atoms with van der Waals surface area (Å²) in [6.45, 7) is -0.603. The number of halogens is 1. The predicted molar refractivity (Wildman–Crippen MR) is 47.2 cm³/mol. The van der Waals surface area contributed by atoms with E-state index in [1.165, 1.54) is 0 Å². The van der Waals surface area contributed by atoms with Gasteiger partial charge in [-0.2, -0.15) is 4.98 Å². The first kappa shape index (κ1) is 11.1. The number of carbonyl (C=O) groups excluding carboxylic acids is 1. The average Bonchev–Trinajstić information content (AvgIpc) is 2.14. The molecule has 1 N–H and O–H groups in total. The van der Waals surface area contributed by atoms with Crippen LogP contribution in [-0.4, -0.2) is 27.4 Å². The molecule has 0 fully saturated rings. The Bertz CT molecular complexity index is 410. The summed E-state index contributed by atoms with van der Waals surface area (Å²) in [6, 6.07) is 0. The summed E-state index contributed by atoms with van der Waals surface area (Å²) < 4.78 is 0. The lowest BCUT2D eigenvalue weighted by Crippen LogP contribution is -2.30. The van der Waals surface area contributed by atoms with E-state index in [0.29, 0.717) is 0 Å². The molecule has 0 atom stereocenters. The van der Waals surface area contributed by atoms with Crippen LogP contribution in [0.1, 0.15) is 0 Å². The van der Waals surface area contributed by atoms with Crippen molar-refractivity contribution in [2.45, 2.75) is 0 Å². The van der Waals surface area contributed by atoms with Gasteiger partial charge in [0.05, 0.1) is 17.4 Å². The van der Waals surface area contributed by atoms with E-state index in [9.17, 15) is 20.0 Å². The molecule has 1 aromatic rings. The highest BCUT2D eigenvalue weighted by atomic mass is 35.5. The van der Waals surface area contributed by atoms with Crippen molar-refractivity contribution in [3.63, 3.8) is 0 Å². The summed E-state index contributed by atoms with van der Waals surface area (Å²) in [7, 11) is 0. The Balaban J connectivity index is 2.96. The van der Waals surface area contributed by atoms with E-state index in [4.69, 9.17) is 11.6 Å². The molecule has 1 rings (SSSR count). The molecule has 0 saturated carbocycles. The van der Waals surface area contributed by atoms with E-state index in [1.54, 1.807) is 0 Å². The minimum atomic E-state index is -1.42. The van der Waals surface area contributed by atoms with Crippen LogP contribution in [0.25, 0.3) is 0 Å². The number of carboxylic acid groups (broad SMARTS) is 1. The summed E-state index contributed by atoms with van der Waals surface area (Å²) in [4.78, 5) is 26.7. The van der Waals surface area contributed by atoms with Crippen molar-refractivity contribution in [3.05, 3.63) is 21.6 Å². The van der Waals surface area contributed by atoms with E-state index >= 15 is 0 Å².